The summed E-state index contributed by atoms with van der Waals surface area (Å²) in [6.45, 7) is 1.56. The second kappa shape index (κ2) is 4.70. The zero-order valence-electron chi connectivity index (χ0n) is 9.67. The van der Waals surface area contributed by atoms with Crippen LogP contribution in [0.2, 0.25) is 0 Å². The Kier molecular flexibility index (Phi) is 3.25. The molecule has 5 heteroatoms. The summed E-state index contributed by atoms with van der Waals surface area (Å²) in [7, 11) is 0. The first-order valence-electron chi connectivity index (χ1n) is 5.32. The van der Waals surface area contributed by atoms with Gasteiger partial charge < -0.3 is 10.2 Å². The third-order valence-electron chi connectivity index (χ3n) is 2.61. The molecule has 0 spiro atoms. The van der Waals surface area contributed by atoms with Gasteiger partial charge >= 0.3 is 0 Å². The van der Waals surface area contributed by atoms with Gasteiger partial charge in [0.2, 0.25) is 5.78 Å². The van der Waals surface area contributed by atoms with Gasteiger partial charge in [-0.2, -0.15) is 0 Å². The maximum Gasteiger partial charge on any atom is 0.231 e. The van der Waals surface area contributed by atoms with E-state index in [2.05, 4.69) is 0 Å². The van der Waals surface area contributed by atoms with Crippen molar-refractivity contribution in [1.82, 2.24) is 0 Å². The number of ketones is 1. The molecule has 0 bridgehead atoms. The van der Waals surface area contributed by atoms with Gasteiger partial charge in [-0.3, -0.25) is 4.79 Å². The van der Waals surface area contributed by atoms with Gasteiger partial charge in [-0.15, -0.1) is 0 Å². The van der Waals surface area contributed by atoms with Crippen LogP contribution in [-0.2, 0) is 6.54 Å². The summed E-state index contributed by atoms with van der Waals surface area (Å²) in [6, 6.07) is 5.50. The fourth-order valence-corrected chi connectivity index (χ4v) is 1.56. The second-order valence-corrected chi connectivity index (χ2v) is 3.86. The Bertz CT molecular complexity index is 605. The van der Waals surface area contributed by atoms with Crippen molar-refractivity contribution in [3.8, 4) is 0 Å². The third-order valence-corrected chi connectivity index (χ3v) is 2.61. The lowest BCUT2D eigenvalue weighted by atomic mass is 10.1. The van der Waals surface area contributed by atoms with Crippen LogP contribution >= 0.6 is 0 Å². The van der Waals surface area contributed by atoms with E-state index in [0.717, 1.165) is 0 Å². The molecule has 2 N–H and O–H groups in total. The van der Waals surface area contributed by atoms with Gasteiger partial charge in [0.05, 0.1) is 12.1 Å². The maximum atomic E-state index is 13.6. The van der Waals surface area contributed by atoms with E-state index in [1.807, 2.05) is 0 Å². The first kappa shape index (κ1) is 12.4. The van der Waals surface area contributed by atoms with Crippen molar-refractivity contribution < 1.29 is 18.0 Å². The van der Waals surface area contributed by atoms with Gasteiger partial charge in [-0.05, 0) is 30.7 Å². The van der Waals surface area contributed by atoms with Crippen molar-refractivity contribution in [2.75, 3.05) is 0 Å². The molecule has 3 nitrogen and oxygen atoms in total. The number of furan rings is 1. The van der Waals surface area contributed by atoms with Crippen molar-refractivity contribution in [3.05, 3.63) is 58.5 Å². The molecule has 0 atom stereocenters. The van der Waals surface area contributed by atoms with Crippen molar-refractivity contribution in [2.24, 2.45) is 5.73 Å². The Morgan fingerprint density at radius 1 is 1.22 bits per heavy atom. The highest BCUT2D eigenvalue weighted by atomic mass is 19.2. The average Bonchev–Trinajstić information content (AvgIpc) is 2.84. The molecule has 2 aromatic rings. The van der Waals surface area contributed by atoms with Crippen molar-refractivity contribution in [1.29, 1.82) is 0 Å². The number of hydrogen-bond acceptors (Lipinski definition) is 3. The van der Waals surface area contributed by atoms with Crippen molar-refractivity contribution in [2.45, 2.75) is 13.5 Å². The van der Waals surface area contributed by atoms with E-state index in [-0.39, 0.29) is 23.4 Å². The molecule has 0 unspecified atom stereocenters. The monoisotopic (exact) mass is 251 g/mol. The van der Waals surface area contributed by atoms with Gasteiger partial charge in [0.25, 0.3) is 0 Å². The zero-order valence-corrected chi connectivity index (χ0v) is 9.67. The molecule has 0 radical (unpaired) electrons. The molecule has 0 saturated heterocycles. The van der Waals surface area contributed by atoms with Gasteiger partial charge in [0.1, 0.15) is 5.76 Å². The fraction of sp³-hybridized carbons (Fsp3) is 0.154. The molecule has 1 aromatic heterocycles. The summed E-state index contributed by atoms with van der Waals surface area (Å²) in [5.74, 6) is -2.54. The van der Waals surface area contributed by atoms with Gasteiger partial charge in [0.15, 0.2) is 17.4 Å². The minimum absolute atomic E-state index is 0.0578. The molecule has 0 aliphatic heterocycles. The van der Waals surface area contributed by atoms with E-state index in [1.54, 1.807) is 0 Å². The lowest BCUT2D eigenvalue weighted by Gasteiger charge is -2.03. The molecule has 1 aromatic carbocycles. The molecule has 0 saturated carbocycles. The number of rotatable bonds is 3. The van der Waals surface area contributed by atoms with E-state index in [0.29, 0.717) is 5.76 Å². The highest BCUT2D eigenvalue weighted by molar-refractivity contribution is 6.07. The highest BCUT2D eigenvalue weighted by Gasteiger charge is 2.20. The summed E-state index contributed by atoms with van der Waals surface area (Å²) in [4.78, 5) is 11.9. The average molecular weight is 251 g/mol. The Morgan fingerprint density at radius 2 is 1.94 bits per heavy atom. The van der Waals surface area contributed by atoms with Crippen LogP contribution in [-0.4, -0.2) is 5.78 Å². The number of carbonyl (C=O) groups excluding carboxylic acids is 1. The molecule has 1 heterocycles. The third kappa shape index (κ3) is 2.04. The first-order chi connectivity index (χ1) is 8.54. The second-order valence-electron chi connectivity index (χ2n) is 3.86. The standard InChI is InChI=1S/C13H11F2NO2/c1-7-2-4-9(12(15)11(7)14)13(17)10-5-3-8(6-16)18-10/h2-5H,6,16H2,1H3. The van der Waals surface area contributed by atoms with Crippen LogP contribution in [0.15, 0.2) is 28.7 Å². The number of carbonyl (C=O) groups is 1. The Labute approximate surface area is 102 Å². The predicted molar refractivity (Wildman–Crippen MR) is 61.1 cm³/mol. The molecular formula is C13H11F2NO2. The zero-order chi connectivity index (χ0) is 13.3. The molecular weight excluding hydrogens is 240 g/mol. The Balaban J connectivity index is 2.43. The Hall–Kier alpha value is -2.01. The van der Waals surface area contributed by atoms with Crippen molar-refractivity contribution >= 4 is 5.78 Å². The number of hydrogen-bond donors (Lipinski definition) is 1. The summed E-state index contributed by atoms with van der Waals surface area (Å²) >= 11 is 0. The molecule has 0 aliphatic carbocycles. The minimum atomic E-state index is -1.16. The van der Waals surface area contributed by atoms with E-state index < -0.39 is 17.4 Å². The predicted octanol–water partition coefficient (Wildman–Crippen LogP) is 2.56. The minimum Gasteiger partial charge on any atom is -0.456 e. The highest BCUT2D eigenvalue weighted by Crippen LogP contribution is 2.20. The Morgan fingerprint density at radius 3 is 2.56 bits per heavy atom. The van der Waals surface area contributed by atoms with Gasteiger partial charge in [0, 0.05) is 0 Å². The van der Waals surface area contributed by atoms with E-state index in [1.165, 1.54) is 31.2 Å². The molecule has 94 valence electrons. The molecule has 2 rings (SSSR count). The SMILES string of the molecule is Cc1ccc(C(=O)c2ccc(CN)o2)c(F)c1F. The van der Waals surface area contributed by atoms with Crippen LogP contribution in [0.4, 0.5) is 8.78 Å². The number of halogens is 2. The van der Waals surface area contributed by atoms with Crippen molar-refractivity contribution in [3.63, 3.8) is 0 Å². The number of aryl methyl sites for hydroxylation is 1. The summed E-state index contributed by atoms with van der Waals surface area (Å²) in [5.41, 5.74) is 5.13. The molecule has 0 amide bonds. The quantitative estimate of drug-likeness (QED) is 0.853. The summed E-state index contributed by atoms with van der Waals surface area (Å²) < 4.78 is 32.1. The molecule has 0 aliphatic rings. The van der Waals surface area contributed by atoms with Gasteiger partial charge in [-0.25, -0.2) is 8.78 Å². The van der Waals surface area contributed by atoms with Crippen LogP contribution in [0.3, 0.4) is 0 Å². The topological polar surface area (TPSA) is 56.2 Å². The maximum absolute atomic E-state index is 13.6. The van der Waals surface area contributed by atoms with Crippen LogP contribution in [0.25, 0.3) is 0 Å². The fourth-order valence-electron chi connectivity index (χ4n) is 1.56. The lowest BCUT2D eigenvalue weighted by molar-refractivity contribution is 0.100. The summed E-state index contributed by atoms with van der Waals surface area (Å²) in [6.07, 6.45) is 0. The number of nitrogens with two attached hydrogens (primary N) is 1. The number of benzene rings is 1. The first-order valence-corrected chi connectivity index (χ1v) is 5.32. The summed E-state index contributed by atoms with van der Waals surface area (Å²) in [5, 5.41) is 0. The van der Waals surface area contributed by atoms with Crippen LogP contribution in [0.5, 0.6) is 0 Å². The van der Waals surface area contributed by atoms with Gasteiger partial charge in [-0.1, -0.05) is 6.07 Å². The van der Waals surface area contributed by atoms with Crippen LogP contribution in [0.1, 0.15) is 27.4 Å². The van der Waals surface area contributed by atoms with E-state index >= 15 is 0 Å². The normalized spacial score (nSPS) is 10.7. The molecule has 18 heavy (non-hydrogen) atoms. The van der Waals surface area contributed by atoms with E-state index in [9.17, 15) is 13.6 Å². The lowest BCUT2D eigenvalue weighted by Crippen LogP contribution is -2.06. The van der Waals surface area contributed by atoms with Crippen LogP contribution in [0, 0.1) is 18.6 Å². The smallest absolute Gasteiger partial charge is 0.231 e. The molecule has 0 fully saturated rings. The largest absolute Gasteiger partial charge is 0.456 e. The van der Waals surface area contributed by atoms with E-state index in [4.69, 9.17) is 10.2 Å². The van der Waals surface area contributed by atoms with Crippen LogP contribution < -0.4 is 5.73 Å².